The molecule has 0 aliphatic rings. The lowest BCUT2D eigenvalue weighted by atomic mass is 10.0. The van der Waals surface area contributed by atoms with Gasteiger partial charge in [0, 0.05) is 10.9 Å². The molecule has 0 amide bonds. The molecule has 2 nitrogen and oxygen atoms in total. The molecule has 3 heteroatoms. The van der Waals surface area contributed by atoms with Crippen LogP contribution >= 0.6 is 0 Å². The number of benzene rings is 2. The summed E-state index contributed by atoms with van der Waals surface area (Å²) in [5.41, 5.74) is 2.17. The molecule has 3 aromatic rings. The van der Waals surface area contributed by atoms with Crippen molar-refractivity contribution in [3.05, 3.63) is 54.0 Å². The molecule has 3 rings (SSSR count). The normalized spacial score (nSPS) is 10.9. The first kappa shape index (κ1) is 11.8. The van der Waals surface area contributed by atoms with Gasteiger partial charge < -0.3 is 9.15 Å². The number of fused-ring (bicyclic) bond motifs is 1. The van der Waals surface area contributed by atoms with Crippen molar-refractivity contribution in [1.82, 2.24) is 0 Å². The summed E-state index contributed by atoms with van der Waals surface area (Å²) in [5, 5.41) is 0.783. The molecule has 0 atom stereocenters. The van der Waals surface area contributed by atoms with Gasteiger partial charge in [-0.25, -0.2) is 4.39 Å². The number of furan rings is 1. The molecule has 0 aliphatic heterocycles. The van der Waals surface area contributed by atoms with Crippen LogP contribution in [-0.2, 0) is 0 Å². The van der Waals surface area contributed by atoms with E-state index in [1.54, 1.807) is 13.2 Å². The fourth-order valence-electron chi connectivity index (χ4n) is 2.34. The maximum absolute atomic E-state index is 13.7. The zero-order valence-corrected chi connectivity index (χ0v) is 10.7. The van der Waals surface area contributed by atoms with Gasteiger partial charge in [0.2, 0.25) is 0 Å². The van der Waals surface area contributed by atoms with Crippen molar-refractivity contribution < 1.29 is 13.5 Å². The molecule has 0 N–H and O–H groups in total. The van der Waals surface area contributed by atoms with Crippen LogP contribution in [0, 0.1) is 12.7 Å². The third-order valence-corrected chi connectivity index (χ3v) is 3.20. The minimum absolute atomic E-state index is 0.304. The second-order valence-corrected chi connectivity index (χ2v) is 4.38. The molecule has 1 aromatic heterocycles. The van der Waals surface area contributed by atoms with E-state index < -0.39 is 0 Å². The zero-order valence-electron chi connectivity index (χ0n) is 10.7. The number of halogens is 1. The highest BCUT2D eigenvalue weighted by molar-refractivity contribution is 5.96. The summed E-state index contributed by atoms with van der Waals surface area (Å²) >= 11 is 0. The Morgan fingerprint density at radius 3 is 2.68 bits per heavy atom. The van der Waals surface area contributed by atoms with Gasteiger partial charge in [-0.1, -0.05) is 24.3 Å². The van der Waals surface area contributed by atoms with Crippen LogP contribution in [0.15, 0.2) is 46.9 Å². The maximum atomic E-state index is 13.7. The van der Waals surface area contributed by atoms with Crippen molar-refractivity contribution in [2.24, 2.45) is 0 Å². The molecule has 0 fully saturated rings. The molecular weight excluding hydrogens is 243 g/mol. The molecule has 0 aliphatic carbocycles. The topological polar surface area (TPSA) is 22.4 Å². The van der Waals surface area contributed by atoms with Gasteiger partial charge in [-0.05, 0) is 30.7 Å². The van der Waals surface area contributed by atoms with Crippen LogP contribution in [0.3, 0.4) is 0 Å². The van der Waals surface area contributed by atoms with Crippen LogP contribution in [0.2, 0.25) is 0 Å². The number of methoxy groups -OCH3 is 1. The number of hydrogen-bond donors (Lipinski definition) is 0. The summed E-state index contributed by atoms with van der Waals surface area (Å²) in [4.78, 5) is 0. The predicted molar refractivity (Wildman–Crippen MR) is 72.9 cm³/mol. The maximum Gasteiger partial charge on any atom is 0.170 e. The van der Waals surface area contributed by atoms with E-state index in [0.29, 0.717) is 11.3 Å². The Hall–Kier alpha value is -2.29. The molecule has 1 heterocycles. The second-order valence-electron chi connectivity index (χ2n) is 4.38. The van der Waals surface area contributed by atoms with Gasteiger partial charge in [0.25, 0.3) is 0 Å². The largest absolute Gasteiger partial charge is 0.497 e. The molecule has 0 saturated carbocycles. The minimum Gasteiger partial charge on any atom is -0.497 e. The molecule has 0 saturated heterocycles. The Morgan fingerprint density at radius 1 is 1.11 bits per heavy atom. The molecule has 2 aromatic carbocycles. The molecule has 0 spiro atoms. The van der Waals surface area contributed by atoms with Crippen molar-refractivity contribution >= 4 is 11.0 Å². The van der Waals surface area contributed by atoms with Crippen LogP contribution in [0.25, 0.3) is 22.1 Å². The van der Waals surface area contributed by atoms with Crippen molar-refractivity contribution in [2.45, 2.75) is 6.92 Å². The molecular formula is C16H13FO2. The first-order valence-corrected chi connectivity index (χ1v) is 6.02. The highest BCUT2D eigenvalue weighted by atomic mass is 19.1. The third-order valence-electron chi connectivity index (χ3n) is 3.20. The lowest BCUT2D eigenvalue weighted by Gasteiger charge is -2.04. The average molecular weight is 256 g/mol. The minimum atomic E-state index is -0.338. The number of rotatable bonds is 2. The Morgan fingerprint density at radius 2 is 1.89 bits per heavy atom. The van der Waals surface area contributed by atoms with E-state index in [9.17, 15) is 4.39 Å². The Bertz CT molecular complexity index is 744. The predicted octanol–water partition coefficient (Wildman–Crippen LogP) is 4.56. The number of aryl methyl sites for hydroxylation is 1. The van der Waals surface area contributed by atoms with Crippen LogP contribution < -0.4 is 4.74 Å². The van der Waals surface area contributed by atoms with Crippen LogP contribution in [0.5, 0.6) is 5.75 Å². The Labute approximate surface area is 110 Å². The number of para-hydroxylation sites is 1. The first-order chi connectivity index (χ1) is 9.20. The van der Waals surface area contributed by atoms with Gasteiger partial charge in [0.15, 0.2) is 11.4 Å². The smallest absolute Gasteiger partial charge is 0.170 e. The molecule has 19 heavy (non-hydrogen) atoms. The summed E-state index contributed by atoms with van der Waals surface area (Å²) in [6, 6.07) is 12.6. The second kappa shape index (κ2) is 4.43. The van der Waals surface area contributed by atoms with Gasteiger partial charge in [-0.15, -0.1) is 0 Å². The number of ether oxygens (including phenoxy) is 1. The number of hydrogen-bond acceptors (Lipinski definition) is 2. The SMILES string of the molecule is COc1cccc(-c2c(C)oc3c(F)cccc23)c1. The molecule has 0 unspecified atom stereocenters. The first-order valence-electron chi connectivity index (χ1n) is 6.02. The highest BCUT2D eigenvalue weighted by Gasteiger charge is 2.15. The van der Waals surface area contributed by atoms with E-state index in [1.165, 1.54) is 6.07 Å². The van der Waals surface area contributed by atoms with Gasteiger partial charge in [0.1, 0.15) is 11.5 Å². The van der Waals surface area contributed by atoms with Gasteiger partial charge in [0.05, 0.1) is 7.11 Å². The molecule has 0 radical (unpaired) electrons. The Balaban J connectivity index is 2.30. The fraction of sp³-hybridized carbons (Fsp3) is 0.125. The van der Waals surface area contributed by atoms with Crippen molar-refractivity contribution in [3.63, 3.8) is 0 Å². The van der Waals surface area contributed by atoms with Crippen LogP contribution in [0.1, 0.15) is 5.76 Å². The van der Waals surface area contributed by atoms with Crippen molar-refractivity contribution in [2.75, 3.05) is 7.11 Å². The summed E-state index contributed by atoms with van der Waals surface area (Å²) in [6.45, 7) is 1.84. The lowest BCUT2D eigenvalue weighted by molar-refractivity contribution is 0.415. The quantitative estimate of drug-likeness (QED) is 0.670. The van der Waals surface area contributed by atoms with Crippen molar-refractivity contribution in [3.8, 4) is 16.9 Å². The van der Waals surface area contributed by atoms with E-state index in [-0.39, 0.29) is 5.82 Å². The van der Waals surface area contributed by atoms with Crippen LogP contribution in [0.4, 0.5) is 4.39 Å². The zero-order chi connectivity index (χ0) is 13.4. The summed E-state index contributed by atoms with van der Waals surface area (Å²) in [6.07, 6.45) is 0. The Kier molecular flexibility index (Phi) is 2.75. The van der Waals surface area contributed by atoms with E-state index in [4.69, 9.17) is 9.15 Å². The fourth-order valence-corrected chi connectivity index (χ4v) is 2.34. The van der Waals surface area contributed by atoms with E-state index >= 15 is 0 Å². The summed E-state index contributed by atoms with van der Waals surface area (Å²) < 4.78 is 24.5. The van der Waals surface area contributed by atoms with Gasteiger partial charge >= 0.3 is 0 Å². The van der Waals surface area contributed by atoms with Gasteiger partial charge in [-0.3, -0.25) is 0 Å². The third kappa shape index (κ3) is 1.87. The molecule has 96 valence electrons. The van der Waals surface area contributed by atoms with E-state index in [1.807, 2.05) is 37.3 Å². The summed E-state index contributed by atoms with van der Waals surface area (Å²) in [5.74, 6) is 1.13. The summed E-state index contributed by atoms with van der Waals surface area (Å²) in [7, 11) is 1.62. The van der Waals surface area contributed by atoms with E-state index in [0.717, 1.165) is 22.3 Å². The van der Waals surface area contributed by atoms with Crippen molar-refractivity contribution in [1.29, 1.82) is 0 Å². The monoisotopic (exact) mass is 256 g/mol. The standard InChI is InChI=1S/C16H13FO2/c1-10-15(11-5-3-6-12(9-11)18-2)13-7-4-8-14(17)16(13)19-10/h3-9H,1-2H3. The van der Waals surface area contributed by atoms with E-state index in [2.05, 4.69) is 0 Å². The molecule has 0 bridgehead atoms. The van der Waals surface area contributed by atoms with Crippen LogP contribution in [-0.4, -0.2) is 7.11 Å². The highest BCUT2D eigenvalue weighted by Crippen LogP contribution is 2.36. The lowest BCUT2D eigenvalue weighted by Crippen LogP contribution is -1.84. The average Bonchev–Trinajstić information content (AvgIpc) is 2.77. The van der Waals surface area contributed by atoms with Gasteiger partial charge in [-0.2, -0.15) is 0 Å².